The van der Waals surface area contributed by atoms with Crippen LogP contribution in [0.1, 0.15) is 29.8 Å². The van der Waals surface area contributed by atoms with Gasteiger partial charge in [0, 0.05) is 11.3 Å². The minimum atomic E-state index is -2.11. The number of hydrogen-bond donors (Lipinski definition) is 4. The van der Waals surface area contributed by atoms with Gasteiger partial charge in [-0.2, -0.15) is 0 Å². The molecule has 2 aromatic rings. The number of para-hydroxylation sites is 1. The summed E-state index contributed by atoms with van der Waals surface area (Å²) in [7, 11) is 0. The van der Waals surface area contributed by atoms with Crippen LogP contribution in [0.15, 0.2) is 66.8 Å². The van der Waals surface area contributed by atoms with Gasteiger partial charge in [0.15, 0.2) is 4.87 Å². The Bertz CT molecular complexity index is 1200. The number of hydrogen-bond acceptors (Lipinski definition) is 5. The van der Waals surface area contributed by atoms with Crippen LogP contribution >= 0.6 is 23.8 Å². The number of benzene rings is 2. The number of aliphatic hydroxyl groups is 1. The number of alkyl halides is 1. The van der Waals surface area contributed by atoms with E-state index >= 15 is 0 Å². The summed E-state index contributed by atoms with van der Waals surface area (Å²) in [5.41, 5.74) is 6.39. The number of carbonyl (C=O) groups excluding carboxylic acids is 2. The van der Waals surface area contributed by atoms with Crippen LogP contribution in [0.2, 0.25) is 0 Å². The van der Waals surface area contributed by atoms with E-state index in [2.05, 4.69) is 10.6 Å². The number of nitrogens with two attached hydrogens (primary N) is 1. The molecule has 2 aromatic carbocycles. The van der Waals surface area contributed by atoms with Gasteiger partial charge in [-0.05, 0) is 49.8 Å². The summed E-state index contributed by atoms with van der Waals surface area (Å²) in [6.45, 7) is 3.39. The van der Waals surface area contributed by atoms with Gasteiger partial charge in [0.05, 0.1) is 11.7 Å². The fourth-order valence-electron chi connectivity index (χ4n) is 3.45. The van der Waals surface area contributed by atoms with E-state index in [1.54, 1.807) is 50.3 Å². The number of nitrogens with one attached hydrogen (secondary N) is 2. The highest BCUT2D eigenvalue weighted by Gasteiger charge is 2.53. The SMILES string of the molecule is CC(C)OC1(O)C=CC(c2ccccc2NC(=O)c2ccccc2F)=CC1(Cl)C(=S)NC(N)=O. The van der Waals surface area contributed by atoms with Crippen molar-refractivity contribution in [2.45, 2.75) is 30.6 Å². The molecule has 3 amide bonds. The van der Waals surface area contributed by atoms with Crippen LogP contribution in [-0.2, 0) is 4.74 Å². The fourth-order valence-corrected chi connectivity index (χ4v) is 4.03. The Hall–Kier alpha value is -3.11. The van der Waals surface area contributed by atoms with Crippen LogP contribution in [-0.4, -0.2) is 38.8 Å². The summed E-state index contributed by atoms with van der Waals surface area (Å²) in [5, 5.41) is 16.2. The molecule has 0 aliphatic heterocycles. The maximum Gasteiger partial charge on any atom is 0.317 e. The van der Waals surface area contributed by atoms with E-state index in [1.165, 1.54) is 30.4 Å². The van der Waals surface area contributed by atoms with Gasteiger partial charge in [-0.25, -0.2) is 9.18 Å². The molecule has 0 heterocycles. The quantitative estimate of drug-likeness (QED) is 0.269. The molecule has 2 atom stereocenters. The van der Waals surface area contributed by atoms with Crippen LogP contribution in [0, 0.1) is 5.82 Å². The van der Waals surface area contributed by atoms with Crippen molar-refractivity contribution in [2.24, 2.45) is 5.73 Å². The first-order chi connectivity index (χ1) is 16.0. The zero-order chi connectivity index (χ0) is 25.1. The van der Waals surface area contributed by atoms with Crippen LogP contribution in [0.5, 0.6) is 0 Å². The molecule has 34 heavy (non-hydrogen) atoms. The van der Waals surface area contributed by atoms with Gasteiger partial charge >= 0.3 is 6.03 Å². The lowest BCUT2D eigenvalue weighted by molar-refractivity contribution is -0.193. The number of carbonyl (C=O) groups is 2. The topological polar surface area (TPSA) is 114 Å². The summed E-state index contributed by atoms with van der Waals surface area (Å²) in [6, 6.07) is 11.4. The maximum atomic E-state index is 14.1. The minimum Gasteiger partial charge on any atom is -0.360 e. The molecule has 7 nitrogen and oxygen atoms in total. The summed E-state index contributed by atoms with van der Waals surface area (Å²) in [6.07, 6.45) is 3.80. The minimum absolute atomic E-state index is 0.122. The number of halogens is 2. The third-order valence-electron chi connectivity index (χ3n) is 4.95. The van der Waals surface area contributed by atoms with Gasteiger partial charge in [0.1, 0.15) is 10.8 Å². The maximum absolute atomic E-state index is 14.1. The number of thiocarbonyl (C=S) groups is 1. The van der Waals surface area contributed by atoms with E-state index in [0.717, 1.165) is 0 Å². The van der Waals surface area contributed by atoms with Crippen molar-refractivity contribution < 1.29 is 23.8 Å². The highest BCUT2D eigenvalue weighted by atomic mass is 35.5. The van der Waals surface area contributed by atoms with Gasteiger partial charge in [-0.15, -0.1) is 11.6 Å². The lowest BCUT2D eigenvalue weighted by Gasteiger charge is -2.42. The molecule has 10 heteroatoms. The van der Waals surface area contributed by atoms with E-state index in [0.29, 0.717) is 16.8 Å². The average molecular weight is 504 g/mol. The number of allylic oxidation sites excluding steroid dienone is 2. The Balaban J connectivity index is 2.05. The summed E-state index contributed by atoms with van der Waals surface area (Å²) >= 11 is 12.1. The number of anilines is 1. The highest BCUT2D eigenvalue weighted by molar-refractivity contribution is 7.80. The largest absolute Gasteiger partial charge is 0.360 e. The molecule has 2 unspecified atom stereocenters. The monoisotopic (exact) mass is 503 g/mol. The second-order valence-electron chi connectivity index (χ2n) is 7.81. The van der Waals surface area contributed by atoms with Crippen molar-refractivity contribution in [3.8, 4) is 0 Å². The van der Waals surface area contributed by atoms with E-state index in [1.807, 2.05) is 0 Å². The van der Waals surface area contributed by atoms with Crippen molar-refractivity contribution in [1.82, 2.24) is 5.32 Å². The van der Waals surface area contributed by atoms with Crippen molar-refractivity contribution in [2.75, 3.05) is 5.32 Å². The predicted molar refractivity (Wildman–Crippen MR) is 133 cm³/mol. The fraction of sp³-hybridized carbons (Fsp3) is 0.208. The van der Waals surface area contributed by atoms with E-state index in [9.17, 15) is 19.1 Å². The molecule has 0 spiro atoms. The van der Waals surface area contributed by atoms with E-state index in [-0.39, 0.29) is 10.6 Å². The van der Waals surface area contributed by atoms with Crippen LogP contribution in [0.4, 0.5) is 14.9 Å². The number of amides is 3. The van der Waals surface area contributed by atoms with Gasteiger partial charge in [0.2, 0.25) is 5.79 Å². The smallest absolute Gasteiger partial charge is 0.317 e. The number of ether oxygens (including phenoxy) is 1. The summed E-state index contributed by atoms with van der Waals surface area (Å²) in [5.74, 6) is -3.42. The molecule has 0 saturated heterocycles. The van der Waals surface area contributed by atoms with Crippen molar-refractivity contribution in [1.29, 1.82) is 0 Å². The van der Waals surface area contributed by atoms with Gasteiger partial charge in [-0.3, -0.25) is 4.79 Å². The second kappa shape index (κ2) is 10.0. The second-order valence-corrected chi connectivity index (χ2v) is 8.81. The molecule has 0 radical (unpaired) electrons. The van der Waals surface area contributed by atoms with Crippen LogP contribution in [0.3, 0.4) is 0 Å². The number of primary amides is 1. The normalized spacial score (nSPS) is 21.6. The molecule has 1 aliphatic rings. The summed E-state index contributed by atoms with van der Waals surface area (Å²) < 4.78 is 19.7. The van der Waals surface area contributed by atoms with Crippen LogP contribution in [0.25, 0.3) is 5.57 Å². The Kier molecular flexibility index (Phi) is 7.52. The number of urea groups is 1. The first kappa shape index (κ1) is 25.5. The Morgan fingerprint density at radius 3 is 2.47 bits per heavy atom. The summed E-state index contributed by atoms with van der Waals surface area (Å²) in [4.78, 5) is 21.9. The standard InChI is InChI=1S/C24H23ClFN3O4S/c1-14(2)33-24(32)12-11-15(13-23(24,25)21(34)29-22(27)31)16-7-4-6-10-19(16)28-20(30)17-8-3-5-9-18(17)26/h3-14,32H,1-2H3,(H,28,30)(H3,27,29,31,34). The van der Waals surface area contributed by atoms with E-state index < -0.39 is 34.5 Å². The Labute approximate surface area is 206 Å². The first-order valence-corrected chi connectivity index (χ1v) is 11.0. The first-order valence-electron chi connectivity index (χ1n) is 10.2. The molecule has 0 saturated carbocycles. The Morgan fingerprint density at radius 1 is 1.18 bits per heavy atom. The molecular formula is C24H23ClFN3O4S. The lowest BCUT2D eigenvalue weighted by atomic mass is 9.85. The molecular weight excluding hydrogens is 481 g/mol. The molecule has 1 aliphatic carbocycles. The Morgan fingerprint density at radius 2 is 1.82 bits per heavy atom. The zero-order valence-corrected chi connectivity index (χ0v) is 19.9. The van der Waals surface area contributed by atoms with E-state index in [4.69, 9.17) is 34.3 Å². The van der Waals surface area contributed by atoms with Crippen molar-refractivity contribution in [3.63, 3.8) is 0 Å². The van der Waals surface area contributed by atoms with Crippen molar-refractivity contribution >= 4 is 52.0 Å². The molecule has 3 rings (SSSR count). The third-order valence-corrected chi connectivity index (χ3v) is 6.06. The lowest BCUT2D eigenvalue weighted by Crippen LogP contribution is -2.60. The molecule has 0 aromatic heterocycles. The zero-order valence-electron chi connectivity index (χ0n) is 18.3. The number of rotatable bonds is 6. The third kappa shape index (κ3) is 5.18. The molecule has 178 valence electrons. The molecule has 0 fully saturated rings. The van der Waals surface area contributed by atoms with Gasteiger partial charge < -0.3 is 26.2 Å². The highest BCUT2D eigenvalue weighted by Crippen LogP contribution is 2.43. The van der Waals surface area contributed by atoms with Crippen LogP contribution < -0.4 is 16.4 Å². The molecule has 5 N–H and O–H groups in total. The predicted octanol–water partition coefficient (Wildman–Crippen LogP) is 4.12. The van der Waals surface area contributed by atoms with Crippen molar-refractivity contribution in [3.05, 3.63) is 83.7 Å². The molecule has 0 bridgehead atoms. The van der Waals surface area contributed by atoms with Gasteiger partial charge in [-0.1, -0.05) is 48.6 Å². The average Bonchev–Trinajstić information content (AvgIpc) is 2.75. The van der Waals surface area contributed by atoms with Gasteiger partial charge in [0.25, 0.3) is 5.91 Å².